The van der Waals surface area contributed by atoms with Gasteiger partial charge in [0.05, 0.1) is 17.0 Å². The second-order valence-corrected chi connectivity index (χ2v) is 7.23. The molecule has 0 saturated carbocycles. The Morgan fingerprint density at radius 1 is 1.14 bits per heavy atom. The van der Waals surface area contributed by atoms with E-state index in [1.54, 1.807) is 4.90 Å². The molecule has 1 saturated heterocycles. The number of hydrogen-bond donors (Lipinski definition) is 1. The van der Waals surface area contributed by atoms with Crippen molar-refractivity contribution in [2.75, 3.05) is 11.9 Å². The molecule has 6 heteroatoms. The van der Waals surface area contributed by atoms with Gasteiger partial charge in [-0.15, -0.1) is 0 Å². The van der Waals surface area contributed by atoms with E-state index in [0.29, 0.717) is 19.0 Å². The zero-order valence-electron chi connectivity index (χ0n) is 16.0. The topological polar surface area (TPSA) is 67.2 Å². The van der Waals surface area contributed by atoms with Crippen LogP contribution in [0.4, 0.5) is 5.95 Å². The van der Waals surface area contributed by atoms with Gasteiger partial charge in [-0.3, -0.25) is 14.9 Å². The maximum Gasteiger partial charge on any atom is 0.232 e. The van der Waals surface area contributed by atoms with Gasteiger partial charge in [0.25, 0.3) is 0 Å². The summed E-state index contributed by atoms with van der Waals surface area (Å²) in [6.45, 7) is 3.85. The van der Waals surface area contributed by atoms with Crippen molar-refractivity contribution < 1.29 is 9.59 Å². The van der Waals surface area contributed by atoms with Crippen molar-refractivity contribution >= 4 is 28.8 Å². The molecule has 3 aromatic rings. The minimum absolute atomic E-state index is 0.0195. The smallest absolute Gasteiger partial charge is 0.232 e. The largest absolute Gasteiger partial charge is 0.338 e. The molecule has 0 radical (unpaired) electrons. The number of hydrogen-bond acceptors (Lipinski definition) is 3. The van der Waals surface area contributed by atoms with Crippen molar-refractivity contribution in [2.24, 2.45) is 5.92 Å². The number of likely N-dealkylation sites (tertiary alicyclic amines) is 1. The highest BCUT2D eigenvalue weighted by atomic mass is 16.2. The van der Waals surface area contributed by atoms with Crippen LogP contribution >= 0.6 is 0 Å². The number of nitrogens with zero attached hydrogens (tertiary/aromatic N) is 3. The Bertz CT molecular complexity index is 996. The van der Waals surface area contributed by atoms with Crippen LogP contribution in [0.1, 0.15) is 25.3 Å². The van der Waals surface area contributed by atoms with Gasteiger partial charge in [-0.1, -0.05) is 49.4 Å². The Morgan fingerprint density at radius 2 is 1.89 bits per heavy atom. The zero-order valence-corrected chi connectivity index (χ0v) is 16.0. The van der Waals surface area contributed by atoms with Crippen molar-refractivity contribution in [1.82, 2.24) is 14.5 Å². The molecule has 0 spiro atoms. The number of para-hydroxylation sites is 2. The Morgan fingerprint density at radius 3 is 2.68 bits per heavy atom. The summed E-state index contributed by atoms with van der Waals surface area (Å²) in [4.78, 5) is 31.6. The second-order valence-electron chi connectivity index (χ2n) is 7.23. The first kappa shape index (κ1) is 18.2. The molecule has 2 amide bonds. The molecule has 0 aliphatic carbocycles. The quantitative estimate of drug-likeness (QED) is 0.717. The molecule has 28 heavy (non-hydrogen) atoms. The Kier molecular flexibility index (Phi) is 5.10. The second kappa shape index (κ2) is 7.84. The third-order valence-electron chi connectivity index (χ3n) is 5.14. The molecule has 1 aliphatic heterocycles. The van der Waals surface area contributed by atoms with Crippen LogP contribution in [0.5, 0.6) is 0 Å². The molecular formula is C22H24N4O2. The molecule has 2 heterocycles. The summed E-state index contributed by atoms with van der Waals surface area (Å²) in [5, 5.41) is 2.97. The van der Waals surface area contributed by atoms with E-state index in [0.717, 1.165) is 29.6 Å². The normalized spacial score (nSPS) is 16.7. The fraction of sp³-hybridized carbons (Fsp3) is 0.318. The molecule has 4 rings (SSSR count). The lowest BCUT2D eigenvalue weighted by Crippen LogP contribution is -2.28. The maximum atomic E-state index is 12.8. The highest BCUT2D eigenvalue weighted by molar-refractivity contribution is 5.97. The molecule has 144 valence electrons. The van der Waals surface area contributed by atoms with Crippen molar-refractivity contribution in [3.8, 4) is 0 Å². The van der Waals surface area contributed by atoms with Crippen LogP contribution in [0.2, 0.25) is 0 Å². The number of fused-ring (bicyclic) bond motifs is 1. The molecule has 1 aliphatic rings. The van der Waals surface area contributed by atoms with Crippen LogP contribution in [0.3, 0.4) is 0 Å². The van der Waals surface area contributed by atoms with Crippen molar-refractivity contribution in [1.29, 1.82) is 0 Å². The number of anilines is 1. The lowest BCUT2D eigenvalue weighted by atomic mass is 10.1. The van der Waals surface area contributed by atoms with Gasteiger partial charge in [0, 0.05) is 26.1 Å². The van der Waals surface area contributed by atoms with Gasteiger partial charge in [0.15, 0.2) is 0 Å². The van der Waals surface area contributed by atoms with Gasteiger partial charge < -0.3 is 9.47 Å². The van der Waals surface area contributed by atoms with Crippen LogP contribution in [-0.4, -0.2) is 32.8 Å². The van der Waals surface area contributed by atoms with Crippen LogP contribution in [0, 0.1) is 5.92 Å². The summed E-state index contributed by atoms with van der Waals surface area (Å²) < 4.78 is 2.03. The first-order valence-electron chi connectivity index (χ1n) is 9.73. The molecule has 2 aromatic carbocycles. The Balaban J connectivity index is 1.48. The van der Waals surface area contributed by atoms with E-state index >= 15 is 0 Å². The van der Waals surface area contributed by atoms with Gasteiger partial charge in [0.1, 0.15) is 0 Å². The average Bonchev–Trinajstić information content (AvgIpc) is 3.24. The van der Waals surface area contributed by atoms with Crippen molar-refractivity contribution in [2.45, 2.75) is 32.9 Å². The van der Waals surface area contributed by atoms with E-state index in [4.69, 9.17) is 0 Å². The number of benzene rings is 2. The van der Waals surface area contributed by atoms with Crippen LogP contribution < -0.4 is 5.32 Å². The number of aromatic nitrogens is 2. The standard InChI is InChI=1S/C22H24N4O2/c1-2-12-26-19-11-7-6-10-18(19)23-22(26)24-21(28)17-13-20(27)25(15-17)14-16-8-4-3-5-9-16/h3-11,17H,2,12-15H2,1H3,(H,23,24,28). The van der Waals surface area contributed by atoms with Crippen LogP contribution in [-0.2, 0) is 22.7 Å². The third kappa shape index (κ3) is 3.63. The fourth-order valence-electron chi connectivity index (χ4n) is 3.74. The van der Waals surface area contributed by atoms with Gasteiger partial charge >= 0.3 is 0 Å². The molecule has 0 bridgehead atoms. The number of imidazole rings is 1. The molecule has 1 atom stereocenters. The van der Waals surface area contributed by atoms with Gasteiger partial charge in [0.2, 0.25) is 17.8 Å². The van der Waals surface area contributed by atoms with E-state index < -0.39 is 0 Å². The number of amides is 2. The molecular weight excluding hydrogens is 352 g/mol. The summed E-state index contributed by atoms with van der Waals surface area (Å²) in [5.41, 5.74) is 2.94. The van der Waals surface area contributed by atoms with Crippen molar-refractivity contribution in [3.05, 3.63) is 60.2 Å². The summed E-state index contributed by atoms with van der Waals surface area (Å²) in [5.74, 6) is 0.0794. The molecule has 1 unspecified atom stereocenters. The van der Waals surface area contributed by atoms with E-state index in [1.807, 2.05) is 59.2 Å². The third-order valence-corrected chi connectivity index (χ3v) is 5.14. The van der Waals surface area contributed by atoms with Crippen molar-refractivity contribution in [3.63, 3.8) is 0 Å². The number of aryl methyl sites for hydroxylation is 1. The lowest BCUT2D eigenvalue weighted by Gasteiger charge is -2.16. The molecule has 1 aromatic heterocycles. The Hall–Kier alpha value is -3.15. The lowest BCUT2D eigenvalue weighted by molar-refractivity contribution is -0.128. The monoisotopic (exact) mass is 376 g/mol. The molecule has 6 nitrogen and oxygen atoms in total. The van der Waals surface area contributed by atoms with E-state index in [-0.39, 0.29) is 24.2 Å². The van der Waals surface area contributed by atoms with E-state index in [1.165, 1.54) is 0 Å². The minimum Gasteiger partial charge on any atom is -0.338 e. The zero-order chi connectivity index (χ0) is 19.5. The number of carbonyl (C=O) groups is 2. The maximum absolute atomic E-state index is 12.8. The highest BCUT2D eigenvalue weighted by Crippen LogP contribution is 2.24. The molecule has 1 fully saturated rings. The first-order chi connectivity index (χ1) is 13.7. The predicted molar refractivity (Wildman–Crippen MR) is 109 cm³/mol. The molecule has 1 N–H and O–H groups in total. The number of rotatable bonds is 6. The average molecular weight is 376 g/mol. The van der Waals surface area contributed by atoms with E-state index in [9.17, 15) is 9.59 Å². The number of carbonyl (C=O) groups excluding carboxylic acids is 2. The summed E-state index contributed by atoms with van der Waals surface area (Å²) in [6, 6.07) is 17.7. The number of nitrogens with one attached hydrogen (secondary N) is 1. The van der Waals surface area contributed by atoms with Crippen LogP contribution in [0.15, 0.2) is 54.6 Å². The summed E-state index contributed by atoms with van der Waals surface area (Å²) in [6.07, 6.45) is 1.18. The first-order valence-corrected chi connectivity index (χ1v) is 9.73. The SMILES string of the molecule is CCCn1c(NC(=O)C2CC(=O)N(Cc3ccccc3)C2)nc2ccccc21. The van der Waals surface area contributed by atoms with Gasteiger partial charge in [-0.25, -0.2) is 4.98 Å². The minimum atomic E-state index is -0.355. The fourth-order valence-corrected chi connectivity index (χ4v) is 3.74. The highest BCUT2D eigenvalue weighted by Gasteiger charge is 2.34. The summed E-state index contributed by atoms with van der Waals surface area (Å²) >= 11 is 0. The van der Waals surface area contributed by atoms with Gasteiger partial charge in [-0.2, -0.15) is 0 Å². The Labute approximate surface area is 164 Å². The van der Waals surface area contributed by atoms with Gasteiger partial charge in [-0.05, 0) is 24.1 Å². The van der Waals surface area contributed by atoms with E-state index in [2.05, 4.69) is 17.2 Å². The predicted octanol–water partition coefficient (Wildman–Crippen LogP) is 3.43. The summed E-state index contributed by atoms with van der Waals surface area (Å²) in [7, 11) is 0. The van der Waals surface area contributed by atoms with Crippen LogP contribution in [0.25, 0.3) is 11.0 Å².